The van der Waals surface area contributed by atoms with Gasteiger partial charge in [-0.25, -0.2) is 19.7 Å². The van der Waals surface area contributed by atoms with Crippen LogP contribution < -0.4 is 10.5 Å². The van der Waals surface area contributed by atoms with Crippen LogP contribution in [0, 0.1) is 24.2 Å². The number of aromatic nitrogens is 3. The zero-order valence-corrected chi connectivity index (χ0v) is 18.1. The molecule has 9 heteroatoms. The fraction of sp³-hybridized carbons (Fsp3) is 0.381. The molecule has 1 aromatic carbocycles. The molecule has 1 amide bonds. The average Bonchev–Trinajstić information content (AvgIpc) is 3.05. The van der Waals surface area contributed by atoms with E-state index in [9.17, 15) is 10.1 Å². The summed E-state index contributed by atoms with van der Waals surface area (Å²) in [7, 11) is 0. The predicted molar refractivity (Wildman–Crippen MR) is 114 cm³/mol. The number of benzene rings is 1. The van der Waals surface area contributed by atoms with Crippen molar-refractivity contribution in [2.75, 3.05) is 6.61 Å². The van der Waals surface area contributed by atoms with E-state index in [2.05, 4.69) is 21.0 Å². The van der Waals surface area contributed by atoms with Crippen LogP contribution >= 0.6 is 11.3 Å². The van der Waals surface area contributed by atoms with Crippen molar-refractivity contribution in [3.05, 3.63) is 35.1 Å². The summed E-state index contributed by atoms with van der Waals surface area (Å²) in [5.41, 5.74) is 6.78. The molecule has 0 aliphatic carbocycles. The van der Waals surface area contributed by atoms with Crippen molar-refractivity contribution in [2.24, 2.45) is 11.7 Å². The Balaban J connectivity index is 1.89. The number of ether oxygens (including phenoxy) is 2. The van der Waals surface area contributed by atoms with E-state index in [-0.39, 0.29) is 12.5 Å². The van der Waals surface area contributed by atoms with Gasteiger partial charge in [0.15, 0.2) is 0 Å². The SMILES string of the molecule is Cc1nc2c(-c3ccc(OC[C@](C)(CC(C)C)OC(N)=O)c(C#N)c3)ncnc2s1. The van der Waals surface area contributed by atoms with Crippen molar-refractivity contribution in [2.45, 2.75) is 39.7 Å². The third-order valence-corrected chi connectivity index (χ3v) is 5.27. The number of nitriles is 1. The topological polar surface area (TPSA) is 124 Å². The van der Waals surface area contributed by atoms with Crippen LogP contribution in [-0.2, 0) is 4.74 Å². The number of primary amides is 1. The average molecular weight is 426 g/mol. The largest absolute Gasteiger partial charge is 0.488 e. The molecule has 8 nitrogen and oxygen atoms in total. The van der Waals surface area contributed by atoms with Crippen LogP contribution in [0.25, 0.3) is 21.6 Å². The molecule has 1 atom stereocenters. The highest BCUT2D eigenvalue weighted by molar-refractivity contribution is 7.18. The number of rotatable bonds is 7. The summed E-state index contributed by atoms with van der Waals surface area (Å²) in [6.45, 7) is 7.78. The molecule has 0 spiro atoms. The van der Waals surface area contributed by atoms with Gasteiger partial charge in [-0.15, -0.1) is 0 Å². The highest BCUT2D eigenvalue weighted by atomic mass is 32.1. The fourth-order valence-electron chi connectivity index (χ4n) is 3.43. The molecular weight excluding hydrogens is 402 g/mol. The molecule has 0 aliphatic heterocycles. The van der Waals surface area contributed by atoms with Crippen molar-refractivity contribution < 1.29 is 14.3 Å². The number of fused-ring (bicyclic) bond motifs is 1. The van der Waals surface area contributed by atoms with E-state index < -0.39 is 11.7 Å². The van der Waals surface area contributed by atoms with Crippen molar-refractivity contribution in [3.8, 4) is 23.1 Å². The summed E-state index contributed by atoms with van der Waals surface area (Å²) in [6.07, 6.45) is 1.20. The molecule has 0 aliphatic rings. The number of nitrogens with zero attached hydrogens (tertiary/aromatic N) is 4. The van der Waals surface area contributed by atoms with Crippen molar-refractivity contribution in [1.82, 2.24) is 15.0 Å². The van der Waals surface area contributed by atoms with E-state index in [1.54, 1.807) is 19.1 Å². The number of carbonyl (C=O) groups excluding carboxylic acids is 1. The molecule has 0 radical (unpaired) electrons. The molecule has 2 aromatic heterocycles. The van der Waals surface area contributed by atoms with E-state index in [1.807, 2.05) is 26.8 Å². The van der Waals surface area contributed by atoms with Crippen LogP contribution in [-0.4, -0.2) is 33.3 Å². The maximum Gasteiger partial charge on any atom is 0.405 e. The zero-order chi connectivity index (χ0) is 21.9. The number of nitrogens with two attached hydrogens (primary N) is 1. The lowest BCUT2D eigenvalue weighted by Crippen LogP contribution is -2.41. The Kier molecular flexibility index (Phi) is 6.17. The van der Waals surface area contributed by atoms with Gasteiger partial charge in [0.1, 0.15) is 46.4 Å². The minimum absolute atomic E-state index is 0.0746. The van der Waals surface area contributed by atoms with Crippen LogP contribution in [0.4, 0.5) is 4.79 Å². The molecule has 30 heavy (non-hydrogen) atoms. The van der Waals surface area contributed by atoms with Crippen LogP contribution in [0.2, 0.25) is 0 Å². The van der Waals surface area contributed by atoms with Crippen LogP contribution in [0.5, 0.6) is 5.75 Å². The summed E-state index contributed by atoms with van der Waals surface area (Å²) in [5, 5.41) is 10.5. The Morgan fingerprint density at radius 3 is 2.80 bits per heavy atom. The summed E-state index contributed by atoms with van der Waals surface area (Å²) >= 11 is 1.49. The van der Waals surface area contributed by atoms with Gasteiger partial charge in [-0.1, -0.05) is 25.2 Å². The minimum atomic E-state index is -0.900. The molecule has 0 saturated heterocycles. The second-order valence-corrected chi connectivity index (χ2v) is 8.87. The first kappa shape index (κ1) is 21.5. The van der Waals surface area contributed by atoms with E-state index in [0.717, 1.165) is 15.4 Å². The number of carbonyl (C=O) groups is 1. The van der Waals surface area contributed by atoms with E-state index in [4.69, 9.17) is 15.2 Å². The lowest BCUT2D eigenvalue weighted by molar-refractivity contribution is -0.0186. The maximum atomic E-state index is 11.3. The van der Waals surface area contributed by atoms with E-state index in [0.29, 0.717) is 28.9 Å². The number of amides is 1. The molecule has 3 rings (SSSR count). The Morgan fingerprint density at radius 1 is 1.37 bits per heavy atom. The highest BCUT2D eigenvalue weighted by Crippen LogP contribution is 2.32. The summed E-state index contributed by atoms with van der Waals surface area (Å²) in [5.74, 6) is 0.654. The highest BCUT2D eigenvalue weighted by Gasteiger charge is 2.31. The molecule has 0 fully saturated rings. The number of hydrogen-bond acceptors (Lipinski definition) is 8. The van der Waals surface area contributed by atoms with Crippen LogP contribution in [0.1, 0.15) is 37.8 Å². The first-order chi connectivity index (χ1) is 14.2. The summed E-state index contributed by atoms with van der Waals surface area (Å²) < 4.78 is 11.2. The van der Waals surface area contributed by atoms with Crippen molar-refractivity contribution in [3.63, 3.8) is 0 Å². The minimum Gasteiger partial charge on any atom is -0.488 e. The molecular formula is C21H23N5O3S. The first-order valence-electron chi connectivity index (χ1n) is 9.44. The quantitative estimate of drug-likeness (QED) is 0.601. The first-order valence-corrected chi connectivity index (χ1v) is 10.3. The van der Waals surface area contributed by atoms with E-state index >= 15 is 0 Å². The monoisotopic (exact) mass is 425 g/mol. The van der Waals surface area contributed by atoms with Gasteiger partial charge in [0.25, 0.3) is 0 Å². The van der Waals surface area contributed by atoms with Gasteiger partial charge in [0.05, 0.1) is 10.6 Å². The molecule has 3 aromatic rings. The number of thiazole rings is 1. The van der Waals surface area contributed by atoms with Crippen molar-refractivity contribution in [1.29, 1.82) is 5.26 Å². The Hall–Kier alpha value is -3.25. The second-order valence-electron chi connectivity index (χ2n) is 7.69. The standard InChI is InChI=1S/C21H23N5O3S/c1-12(2)8-21(4,29-20(23)27)10-28-16-6-5-14(7-15(16)9-22)17-18-19(25-11-24-17)30-13(3)26-18/h5-7,11-12H,8,10H2,1-4H3,(H2,23,27)/t21-/m0/s1. The third-order valence-electron chi connectivity index (χ3n) is 4.40. The lowest BCUT2D eigenvalue weighted by Gasteiger charge is -2.30. The van der Waals surface area contributed by atoms with Crippen LogP contribution in [0.3, 0.4) is 0 Å². The molecule has 0 saturated carbocycles. The predicted octanol–water partition coefficient (Wildman–Crippen LogP) is 4.21. The maximum absolute atomic E-state index is 11.3. The summed E-state index contributed by atoms with van der Waals surface area (Å²) in [6, 6.07) is 7.40. The molecule has 156 valence electrons. The summed E-state index contributed by atoms with van der Waals surface area (Å²) in [4.78, 5) is 25.2. The number of aryl methyl sites for hydroxylation is 1. The third kappa shape index (κ3) is 4.83. The smallest absolute Gasteiger partial charge is 0.405 e. The van der Waals surface area contributed by atoms with E-state index in [1.165, 1.54) is 17.7 Å². The number of hydrogen-bond donors (Lipinski definition) is 1. The van der Waals surface area contributed by atoms with Gasteiger partial charge < -0.3 is 15.2 Å². The Labute approximate surface area is 178 Å². The van der Waals surface area contributed by atoms with Gasteiger partial charge in [-0.3, -0.25) is 0 Å². The van der Waals surface area contributed by atoms with Gasteiger partial charge in [-0.05, 0) is 44.4 Å². The van der Waals surface area contributed by atoms with Gasteiger partial charge in [-0.2, -0.15) is 5.26 Å². The zero-order valence-electron chi connectivity index (χ0n) is 17.3. The molecule has 2 N–H and O–H groups in total. The fourth-order valence-corrected chi connectivity index (χ4v) is 4.18. The second kappa shape index (κ2) is 8.63. The molecule has 2 heterocycles. The van der Waals surface area contributed by atoms with Crippen LogP contribution in [0.15, 0.2) is 24.5 Å². The molecule has 0 unspecified atom stereocenters. The lowest BCUT2D eigenvalue weighted by atomic mass is 9.95. The van der Waals surface area contributed by atoms with Gasteiger partial charge in [0.2, 0.25) is 0 Å². The normalized spacial score (nSPS) is 13.1. The molecule has 0 bridgehead atoms. The van der Waals surface area contributed by atoms with Gasteiger partial charge in [0, 0.05) is 5.56 Å². The van der Waals surface area contributed by atoms with Gasteiger partial charge >= 0.3 is 6.09 Å². The van der Waals surface area contributed by atoms with Crippen molar-refractivity contribution >= 4 is 27.8 Å². The Bertz CT molecular complexity index is 1120. The Morgan fingerprint density at radius 2 is 2.13 bits per heavy atom.